The second-order valence-electron chi connectivity index (χ2n) is 5.86. The number of ether oxygens (including phenoxy) is 1. The van der Waals surface area contributed by atoms with Crippen LogP contribution in [0.15, 0.2) is 54.6 Å². The summed E-state index contributed by atoms with van der Waals surface area (Å²) >= 11 is 2.30. The molecule has 1 unspecified atom stereocenters. The maximum absolute atomic E-state index is 12.0. The van der Waals surface area contributed by atoms with Crippen LogP contribution in [0.2, 0.25) is 0 Å². The second-order valence-corrected chi connectivity index (χ2v) is 6.74. The van der Waals surface area contributed by atoms with Gasteiger partial charge in [0, 0.05) is 4.43 Å². The van der Waals surface area contributed by atoms with Crippen molar-refractivity contribution in [1.29, 1.82) is 0 Å². The number of nitrogens with one attached hydrogen (secondary N) is 1. The molecule has 0 aliphatic rings. The molecule has 22 heavy (non-hydrogen) atoms. The van der Waals surface area contributed by atoms with Crippen molar-refractivity contribution in [3.05, 3.63) is 60.2 Å². The number of alkyl carbamates (subject to hydrolysis) is 1. The fraction of sp³-hybridized carbons (Fsp3) is 0.389. The van der Waals surface area contributed by atoms with Crippen LogP contribution in [0.1, 0.15) is 38.8 Å². The van der Waals surface area contributed by atoms with Gasteiger partial charge < -0.3 is 10.1 Å². The highest BCUT2D eigenvalue weighted by molar-refractivity contribution is 14.1. The zero-order valence-corrected chi connectivity index (χ0v) is 15.5. The van der Waals surface area contributed by atoms with E-state index >= 15 is 0 Å². The molecule has 3 nitrogen and oxygen atoms in total. The minimum absolute atomic E-state index is 0.0969. The molecule has 0 aliphatic carbocycles. The summed E-state index contributed by atoms with van der Waals surface area (Å²) in [5.74, 6) is 0. The van der Waals surface area contributed by atoms with Crippen LogP contribution in [0, 0.1) is 0 Å². The maximum atomic E-state index is 12.0. The predicted molar refractivity (Wildman–Crippen MR) is 100 cm³/mol. The van der Waals surface area contributed by atoms with Gasteiger partial charge in [-0.3, -0.25) is 0 Å². The lowest BCUT2D eigenvalue weighted by Gasteiger charge is -2.23. The normalized spacial score (nSPS) is 13.5. The van der Waals surface area contributed by atoms with E-state index in [1.165, 1.54) is 0 Å². The molecule has 1 atom stereocenters. The molecule has 0 bridgehead atoms. The van der Waals surface area contributed by atoms with Gasteiger partial charge in [0.1, 0.15) is 5.60 Å². The second kappa shape index (κ2) is 9.66. The molecule has 1 N–H and O–H groups in total. The average molecular weight is 413 g/mol. The lowest BCUT2D eigenvalue weighted by atomic mass is 10.0. The first-order valence-electron chi connectivity index (χ1n) is 7.34. The fourth-order valence-electron chi connectivity index (χ4n) is 1.84. The van der Waals surface area contributed by atoms with E-state index in [0.717, 1.165) is 16.4 Å². The van der Waals surface area contributed by atoms with E-state index in [9.17, 15) is 4.79 Å². The first kappa shape index (κ1) is 18.7. The van der Waals surface area contributed by atoms with E-state index in [-0.39, 0.29) is 6.04 Å². The van der Waals surface area contributed by atoms with Gasteiger partial charge in [-0.05, 0) is 32.8 Å². The van der Waals surface area contributed by atoms with Crippen molar-refractivity contribution < 1.29 is 9.53 Å². The molecular formula is C18H24INO2. The van der Waals surface area contributed by atoms with E-state index < -0.39 is 11.7 Å². The first-order valence-corrected chi connectivity index (χ1v) is 8.87. The minimum atomic E-state index is -0.496. The van der Waals surface area contributed by atoms with E-state index in [4.69, 9.17) is 4.74 Å². The fourth-order valence-corrected chi connectivity index (χ4v) is 2.13. The van der Waals surface area contributed by atoms with Crippen LogP contribution >= 0.6 is 22.6 Å². The number of rotatable bonds is 6. The van der Waals surface area contributed by atoms with Crippen LogP contribution in [-0.2, 0) is 4.74 Å². The Kier molecular flexibility index (Phi) is 8.24. The predicted octanol–water partition coefficient (Wildman–Crippen LogP) is 5.19. The highest BCUT2D eigenvalue weighted by Gasteiger charge is 2.19. The Labute approximate surface area is 147 Å². The van der Waals surface area contributed by atoms with Crippen LogP contribution in [-0.4, -0.2) is 16.1 Å². The van der Waals surface area contributed by atoms with Crippen molar-refractivity contribution in [3.8, 4) is 0 Å². The third-order valence-corrected chi connectivity index (χ3v) is 3.25. The molecule has 1 aromatic rings. The van der Waals surface area contributed by atoms with Gasteiger partial charge in [-0.15, -0.1) is 0 Å². The molecule has 1 rings (SSSR count). The van der Waals surface area contributed by atoms with Crippen molar-refractivity contribution in [3.63, 3.8) is 0 Å². The number of benzene rings is 1. The van der Waals surface area contributed by atoms with Crippen LogP contribution in [0.25, 0.3) is 0 Å². The topological polar surface area (TPSA) is 38.3 Å². The average Bonchev–Trinajstić information content (AvgIpc) is 2.45. The molecule has 4 heteroatoms. The number of hydrogen-bond donors (Lipinski definition) is 1. The molecule has 0 aliphatic heterocycles. The summed E-state index contributed by atoms with van der Waals surface area (Å²) in [5.41, 5.74) is 0.570. The molecule has 0 radical (unpaired) electrons. The largest absolute Gasteiger partial charge is 0.444 e. The van der Waals surface area contributed by atoms with E-state index in [1.807, 2.05) is 63.3 Å². The van der Waals surface area contributed by atoms with Crippen molar-refractivity contribution in [2.45, 2.75) is 38.8 Å². The van der Waals surface area contributed by atoms with Gasteiger partial charge in [-0.2, -0.15) is 0 Å². The number of halogens is 1. The lowest BCUT2D eigenvalue weighted by Crippen LogP contribution is -2.34. The molecule has 0 fully saturated rings. The lowest BCUT2D eigenvalue weighted by molar-refractivity contribution is 0.0504. The number of alkyl halides is 1. The van der Waals surface area contributed by atoms with Crippen LogP contribution < -0.4 is 5.32 Å². The molecule has 1 amide bonds. The smallest absolute Gasteiger partial charge is 0.408 e. The van der Waals surface area contributed by atoms with Gasteiger partial charge in [0.05, 0.1) is 6.04 Å². The zero-order chi connectivity index (χ0) is 16.4. The summed E-state index contributed by atoms with van der Waals surface area (Å²) in [5, 5.41) is 2.94. The Balaban J connectivity index is 2.73. The van der Waals surface area contributed by atoms with Crippen LogP contribution in [0.5, 0.6) is 0 Å². The van der Waals surface area contributed by atoms with Gasteiger partial charge in [-0.1, -0.05) is 77.2 Å². The Hall–Kier alpha value is -1.30. The highest BCUT2D eigenvalue weighted by Crippen LogP contribution is 2.18. The number of amides is 1. The van der Waals surface area contributed by atoms with E-state index in [0.29, 0.717) is 0 Å². The van der Waals surface area contributed by atoms with Crippen LogP contribution in [0.3, 0.4) is 0 Å². The van der Waals surface area contributed by atoms with Crippen molar-refractivity contribution in [2.24, 2.45) is 0 Å². The van der Waals surface area contributed by atoms with Crippen molar-refractivity contribution in [2.75, 3.05) is 4.43 Å². The Bertz CT molecular complexity index is 504. The van der Waals surface area contributed by atoms with Crippen LogP contribution in [0.4, 0.5) is 4.79 Å². The van der Waals surface area contributed by atoms with Gasteiger partial charge in [-0.25, -0.2) is 4.79 Å². The molecular weight excluding hydrogens is 389 g/mol. The molecule has 0 saturated carbocycles. The van der Waals surface area contributed by atoms with E-state index in [2.05, 4.69) is 40.1 Å². The summed E-state index contributed by atoms with van der Waals surface area (Å²) < 4.78 is 6.33. The van der Waals surface area contributed by atoms with Gasteiger partial charge in [0.2, 0.25) is 0 Å². The SMILES string of the molecule is CC(C)(C)OC(=O)NC(C/C=C\C=C\CI)c1ccccc1. The number of carbonyl (C=O) groups is 1. The summed E-state index contributed by atoms with van der Waals surface area (Å²) in [6.45, 7) is 5.58. The molecule has 1 aromatic carbocycles. The summed E-state index contributed by atoms with van der Waals surface area (Å²) in [7, 11) is 0. The number of hydrogen-bond acceptors (Lipinski definition) is 2. The molecule has 0 saturated heterocycles. The van der Waals surface area contributed by atoms with Gasteiger partial charge >= 0.3 is 6.09 Å². The van der Waals surface area contributed by atoms with Gasteiger partial charge in [0.25, 0.3) is 0 Å². The van der Waals surface area contributed by atoms with Gasteiger partial charge in [0.15, 0.2) is 0 Å². The molecule has 120 valence electrons. The number of carbonyl (C=O) groups excluding carboxylic acids is 1. The molecule has 0 aromatic heterocycles. The summed E-state index contributed by atoms with van der Waals surface area (Å²) in [6.07, 6.45) is 8.48. The summed E-state index contributed by atoms with van der Waals surface area (Å²) in [6, 6.07) is 9.83. The first-order chi connectivity index (χ1) is 10.4. The van der Waals surface area contributed by atoms with E-state index in [1.54, 1.807) is 0 Å². The Morgan fingerprint density at radius 3 is 2.45 bits per heavy atom. The van der Waals surface area contributed by atoms with Crippen molar-refractivity contribution in [1.82, 2.24) is 5.32 Å². The Morgan fingerprint density at radius 2 is 1.86 bits per heavy atom. The minimum Gasteiger partial charge on any atom is -0.444 e. The maximum Gasteiger partial charge on any atom is 0.408 e. The number of allylic oxidation sites excluding steroid dienone is 3. The standard InChI is InChI=1S/C18H24INO2/c1-18(2,3)22-17(21)20-16(13-9-4-5-10-14-19)15-11-7-6-8-12-15/h4-12,16H,13-14H2,1-3H3,(H,20,21)/b9-4-,10-5+. The quantitative estimate of drug-likeness (QED) is 0.396. The monoisotopic (exact) mass is 413 g/mol. The molecule has 0 spiro atoms. The third kappa shape index (κ3) is 8.22. The highest BCUT2D eigenvalue weighted by atomic mass is 127. The summed E-state index contributed by atoms with van der Waals surface area (Å²) in [4.78, 5) is 12.0. The third-order valence-electron chi connectivity index (χ3n) is 2.74. The zero-order valence-electron chi connectivity index (χ0n) is 13.4. The van der Waals surface area contributed by atoms with Crippen molar-refractivity contribution >= 4 is 28.7 Å². The Morgan fingerprint density at radius 1 is 1.23 bits per heavy atom. The molecule has 0 heterocycles.